The molecule has 0 unspecified atom stereocenters. The first-order valence-electron chi connectivity index (χ1n) is 7.95. The number of anilines is 1. The minimum absolute atomic E-state index is 0.685. The Morgan fingerprint density at radius 3 is 2.50 bits per heavy atom. The topological polar surface area (TPSA) is 31.4 Å². The van der Waals surface area contributed by atoms with Crippen LogP contribution in [-0.2, 0) is 0 Å². The van der Waals surface area contributed by atoms with Crippen molar-refractivity contribution in [3.8, 4) is 0 Å². The van der Waals surface area contributed by atoms with E-state index in [9.17, 15) is 0 Å². The van der Waals surface area contributed by atoms with Gasteiger partial charge in [-0.3, -0.25) is 4.90 Å². The largest absolute Gasteiger partial charge is 0.354 e. The minimum Gasteiger partial charge on any atom is -0.354 e. The van der Waals surface area contributed by atoms with Gasteiger partial charge >= 0.3 is 0 Å². The van der Waals surface area contributed by atoms with Crippen LogP contribution in [0.1, 0.15) is 26.7 Å². The Balaban J connectivity index is 1.67. The molecule has 0 saturated carbocycles. The van der Waals surface area contributed by atoms with Gasteiger partial charge in [-0.1, -0.05) is 19.9 Å². The van der Waals surface area contributed by atoms with Gasteiger partial charge < -0.3 is 10.2 Å². The van der Waals surface area contributed by atoms with E-state index < -0.39 is 0 Å². The van der Waals surface area contributed by atoms with Gasteiger partial charge in [-0.05, 0) is 25.0 Å². The zero-order valence-corrected chi connectivity index (χ0v) is 12.9. The Bertz CT molecular complexity index is 356. The lowest BCUT2D eigenvalue weighted by atomic mass is 10.2. The van der Waals surface area contributed by atoms with Crippen molar-refractivity contribution in [2.24, 2.45) is 0 Å². The van der Waals surface area contributed by atoms with Crippen LogP contribution in [0.4, 0.5) is 5.82 Å². The Morgan fingerprint density at radius 1 is 1.15 bits per heavy atom. The molecule has 2 heterocycles. The third-order valence-electron chi connectivity index (χ3n) is 4.19. The SMILES string of the molecule is CCC(CC)NCCN1CCN(c2ccccn2)CC1. The molecule has 0 aliphatic carbocycles. The van der Waals surface area contributed by atoms with Crippen LogP contribution >= 0.6 is 0 Å². The lowest BCUT2D eigenvalue weighted by Gasteiger charge is -2.35. The first kappa shape index (κ1) is 15.3. The molecule has 0 aromatic carbocycles. The van der Waals surface area contributed by atoms with Gasteiger partial charge in [0.05, 0.1) is 0 Å². The van der Waals surface area contributed by atoms with Gasteiger partial charge in [0, 0.05) is 51.5 Å². The van der Waals surface area contributed by atoms with Crippen molar-refractivity contribution in [1.82, 2.24) is 15.2 Å². The summed E-state index contributed by atoms with van der Waals surface area (Å²) in [5.74, 6) is 1.11. The lowest BCUT2D eigenvalue weighted by Crippen LogP contribution is -2.49. The van der Waals surface area contributed by atoms with Crippen molar-refractivity contribution in [3.63, 3.8) is 0 Å². The molecule has 0 radical (unpaired) electrons. The van der Waals surface area contributed by atoms with Crippen molar-refractivity contribution in [1.29, 1.82) is 0 Å². The summed E-state index contributed by atoms with van der Waals surface area (Å²) >= 11 is 0. The third-order valence-corrected chi connectivity index (χ3v) is 4.19. The van der Waals surface area contributed by atoms with Gasteiger partial charge in [-0.2, -0.15) is 0 Å². The number of piperazine rings is 1. The highest BCUT2D eigenvalue weighted by molar-refractivity contribution is 5.38. The van der Waals surface area contributed by atoms with Crippen molar-refractivity contribution >= 4 is 5.82 Å². The fourth-order valence-corrected chi connectivity index (χ4v) is 2.75. The zero-order valence-electron chi connectivity index (χ0n) is 12.9. The summed E-state index contributed by atoms with van der Waals surface area (Å²) in [5.41, 5.74) is 0. The highest BCUT2D eigenvalue weighted by Crippen LogP contribution is 2.12. The maximum atomic E-state index is 4.43. The second-order valence-electron chi connectivity index (χ2n) is 5.48. The number of aromatic nitrogens is 1. The second kappa shape index (κ2) is 8.22. The van der Waals surface area contributed by atoms with Gasteiger partial charge in [0.15, 0.2) is 0 Å². The molecular weight excluding hydrogens is 248 g/mol. The number of hydrogen-bond acceptors (Lipinski definition) is 4. The Morgan fingerprint density at radius 2 is 1.90 bits per heavy atom. The number of hydrogen-bond donors (Lipinski definition) is 1. The molecule has 112 valence electrons. The minimum atomic E-state index is 0.685. The average molecular weight is 276 g/mol. The Kier molecular flexibility index (Phi) is 6.27. The number of nitrogens with one attached hydrogen (secondary N) is 1. The Labute approximate surface area is 123 Å². The van der Waals surface area contributed by atoms with Crippen molar-refractivity contribution in [2.45, 2.75) is 32.7 Å². The predicted molar refractivity (Wildman–Crippen MR) is 85.3 cm³/mol. The molecule has 0 amide bonds. The standard InChI is InChI=1S/C16H28N4/c1-3-15(4-2)17-9-10-19-11-13-20(14-12-19)16-7-5-6-8-18-16/h5-8,15,17H,3-4,9-14H2,1-2H3. The summed E-state index contributed by atoms with van der Waals surface area (Å²) in [6.45, 7) is 11.2. The molecule has 2 rings (SSSR count). The second-order valence-corrected chi connectivity index (χ2v) is 5.48. The molecule has 0 bridgehead atoms. The number of nitrogens with zero attached hydrogens (tertiary/aromatic N) is 3. The average Bonchev–Trinajstić information content (AvgIpc) is 2.53. The van der Waals surface area contributed by atoms with Crippen molar-refractivity contribution < 1.29 is 0 Å². The molecular formula is C16H28N4. The molecule has 1 aromatic rings. The molecule has 0 atom stereocenters. The molecule has 1 aromatic heterocycles. The van der Waals surface area contributed by atoms with Crippen LogP contribution in [0.15, 0.2) is 24.4 Å². The van der Waals surface area contributed by atoms with Crippen LogP contribution in [-0.4, -0.2) is 55.2 Å². The van der Waals surface area contributed by atoms with Crippen LogP contribution in [0.2, 0.25) is 0 Å². The highest BCUT2D eigenvalue weighted by atomic mass is 15.3. The Hall–Kier alpha value is -1.13. The summed E-state index contributed by atoms with van der Waals surface area (Å²) in [5, 5.41) is 3.64. The molecule has 0 spiro atoms. The van der Waals surface area contributed by atoms with E-state index in [0.29, 0.717) is 6.04 Å². The molecule has 4 nitrogen and oxygen atoms in total. The van der Waals surface area contributed by atoms with Gasteiger partial charge in [-0.15, -0.1) is 0 Å². The van der Waals surface area contributed by atoms with E-state index in [4.69, 9.17) is 0 Å². The normalized spacial score (nSPS) is 16.9. The quantitative estimate of drug-likeness (QED) is 0.825. The fourth-order valence-electron chi connectivity index (χ4n) is 2.75. The van der Waals surface area contributed by atoms with E-state index in [2.05, 4.69) is 46.1 Å². The van der Waals surface area contributed by atoms with E-state index in [1.54, 1.807) is 0 Å². The van der Waals surface area contributed by atoms with Crippen LogP contribution in [0.25, 0.3) is 0 Å². The molecule has 1 saturated heterocycles. The van der Waals surface area contributed by atoms with Crippen molar-refractivity contribution in [3.05, 3.63) is 24.4 Å². The summed E-state index contributed by atoms with van der Waals surface area (Å²) < 4.78 is 0. The molecule has 1 aliphatic heterocycles. The van der Waals surface area contributed by atoms with E-state index in [1.807, 2.05) is 12.3 Å². The number of rotatable bonds is 7. The smallest absolute Gasteiger partial charge is 0.128 e. The maximum absolute atomic E-state index is 4.43. The van der Waals surface area contributed by atoms with Crippen LogP contribution in [0.3, 0.4) is 0 Å². The predicted octanol–water partition coefficient (Wildman–Crippen LogP) is 1.98. The molecule has 4 heteroatoms. The molecule has 1 aliphatic rings. The summed E-state index contributed by atoms with van der Waals surface area (Å²) in [6.07, 6.45) is 4.33. The fraction of sp³-hybridized carbons (Fsp3) is 0.688. The first-order chi connectivity index (χ1) is 9.83. The highest BCUT2D eigenvalue weighted by Gasteiger charge is 2.17. The van der Waals surface area contributed by atoms with Gasteiger partial charge in [-0.25, -0.2) is 4.98 Å². The zero-order chi connectivity index (χ0) is 14.2. The van der Waals surface area contributed by atoms with Gasteiger partial charge in [0.1, 0.15) is 5.82 Å². The molecule has 1 fully saturated rings. The van der Waals surface area contributed by atoms with Crippen LogP contribution < -0.4 is 10.2 Å². The van der Waals surface area contributed by atoms with E-state index in [1.165, 1.54) is 12.8 Å². The monoisotopic (exact) mass is 276 g/mol. The summed E-state index contributed by atoms with van der Waals surface area (Å²) in [7, 11) is 0. The van der Waals surface area contributed by atoms with Gasteiger partial charge in [0.25, 0.3) is 0 Å². The van der Waals surface area contributed by atoms with E-state index in [0.717, 1.165) is 45.1 Å². The lowest BCUT2D eigenvalue weighted by molar-refractivity contribution is 0.252. The molecule has 1 N–H and O–H groups in total. The summed E-state index contributed by atoms with van der Waals surface area (Å²) in [4.78, 5) is 9.36. The number of pyridine rings is 1. The third kappa shape index (κ3) is 4.46. The van der Waals surface area contributed by atoms with E-state index >= 15 is 0 Å². The van der Waals surface area contributed by atoms with Crippen LogP contribution in [0, 0.1) is 0 Å². The van der Waals surface area contributed by atoms with E-state index in [-0.39, 0.29) is 0 Å². The van der Waals surface area contributed by atoms with Crippen LogP contribution in [0.5, 0.6) is 0 Å². The summed E-state index contributed by atoms with van der Waals surface area (Å²) in [6, 6.07) is 6.83. The molecule has 20 heavy (non-hydrogen) atoms. The van der Waals surface area contributed by atoms with Crippen molar-refractivity contribution in [2.75, 3.05) is 44.2 Å². The van der Waals surface area contributed by atoms with Gasteiger partial charge in [0.2, 0.25) is 0 Å². The maximum Gasteiger partial charge on any atom is 0.128 e. The first-order valence-corrected chi connectivity index (χ1v) is 7.95.